The number of H-pyrrole nitrogens is 1. The summed E-state index contributed by atoms with van der Waals surface area (Å²) in [6.45, 7) is 4.45. The Balaban J connectivity index is 1.30. The standard InChI is InChI=1S/C26H30N4O2/c1-26(8-3-2-4-9-26)24(32)18-11-27-25-23(18)29-22(12-28-25)16-6-5-7-17(10-16)30-13-19-20(14-30)21(19)15-31/h5-7,10-12,19-21,31H,2-4,8-9,13-15H2,1H3,(H,27,28)/t19-,20+,21?. The Morgan fingerprint density at radius 2 is 2.00 bits per heavy atom. The van der Waals surface area contributed by atoms with Crippen molar-refractivity contribution < 1.29 is 9.90 Å². The first-order valence-corrected chi connectivity index (χ1v) is 11.9. The van der Waals surface area contributed by atoms with Gasteiger partial charge in [-0.1, -0.05) is 38.3 Å². The Labute approximate surface area is 188 Å². The van der Waals surface area contributed by atoms with E-state index in [2.05, 4.69) is 46.1 Å². The number of rotatable bonds is 5. The number of fused-ring (bicyclic) bond motifs is 2. The molecule has 6 heteroatoms. The van der Waals surface area contributed by atoms with Gasteiger partial charge in [0.25, 0.3) is 0 Å². The van der Waals surface area contributed by atoms with Gasteiger partial charge >= 0.3 is 0 Å². The maximum atomic E-state index is 13.4. The van der Waals surface area contributed by atoms with Gasteiger partial charge in [-0.15, -0.1) is 0 Å². The maximum Gasteiger partial charge on any atom is 0.172 e. The van der Waals surface area contributed by atoms with Crippen molar-refractivity contribution in [2.75, 3.05) is 24.6 Å². The molecule has 0 radical (unpaired) electrons. The van der Waals surface area contributed by atoms with Crippen LogP contribution in [0.4, 0.5) is 5.69 Å². The van der Waals surface area contributed by atoms with E-state index in [1.54, 1.807) is 12.4 Å². The minimum absolute atomic E-state index is 0.193. The van der Waals surface area contributed by atoms with Crippen LogP contribution in [0.2, 0.25) is 0 Å². The topological polar surface area (TPSA) is 82.1 Å². The molecule has 3 aromatic rings. The number of aromatic nitrogens is 3. The lowest BCUT2D eigenvalue weighted by Crippen LogP contribution is -2.30. The summed E-state index contributed by atoms with van der Waals surface area (Å²) in [7, 11) is 0. The molecule has 2 aliphatic carbocycles. The number of benzene rings is 1. The summed E-state index contributed by atoms with van der Waals surface area (Å²) in [5.74, 6) is 1.96. The normalized spacial score (nSPS) is 26.3. The minimum Gasteiger partial charge on any atom is -0.396 e. The van der Waals surface area contributed by atoms with Gasteiger partial charge in [-0.3, -0.25) is 4.79 Å². The van der Waals surface area contributed by atoms with Gasteiger partial charge in [0.05, 0.1) is 17.5 Å². The lowest BCUT2D eigenvalue weighted by molar-refractivity contribution is 0.0751. The molecule has 166 valence electrons. The molecule has 2 saturated carbocycles. The largest absolute Gasteiger partial charge is 0.396 e. The number of aliphatic hydroxyl groups is 1. The first-order valence-electron chi connectivity index (χ1n) is 11.9. The minimum atomic E-state index is -0.298. The molecule has 2 aromatic heterocycles. The Morgan fingerprint density at radius 3 is 2.75 bits per heavy atom. The third kappa shape index (κ3) is 3.15. The van der Waals surface area contributed by atoms with Gasteiger partial charge in [0.1, 0.15) is 5.52 Å². The quantitative estimate of drug-likeness (QED) is 0.585. The Morgan fingerprint density at radius 1 is 1.22 bits per heavy atom. The van der Waals surface area contributed by atoms with E-state index in [0.29, 0.717) is 41.1 Å². The smallest absolute Gasteiger partial charge is 0.172 e. The van der Waals surface area contributed by atoms with E-state index >= 15 is 0 Å². The third-order valence-electron chi connectivity index (χ3n) is 8.22. The molecule has 3 heterocycles. The number of nitrogens with zero attached hydrogens (tertiary/aromatic N) is 3. The second-order valence-electron chi connectivity index (χ2n) is 10.2. The van der Waals surface area contributed by atoms with Crippen molar-refractivity contribution in [2.24, 2.45) is 23.2 Å². The van der Waals surface area contributed by atoms with Crippen LogP contribution in [0.5, 0.6) is 0 Å². The lowest BCUT2D eigenvalue weighted by Gasteiger charge is -2.31. The highest BCUT2D eigenvalue weighted by molar-refractivity contribution is 6.08. The van der Waals surface area contributed by atoms with Crippen LogP contribution >= 0.6 is 0 Å². The number of hydrogen-bond donors (Lipinski definition) is 2. The van der Waals surface area contributed by atoms with Crippen molar-refractivity contribution in [2.45, 2.75) is 39.0 Å². The van der Waals surface area contributed by atoms with Gasteiger partial charge in [-0.2, -0.15) is 0 Å². The van der Waals surface area contributed by atoms with E-state index in [0.717, 1.165) is 50.0 Å². The summed E-state index contributed by atoms with van der Waals surface area (Å²) >= 11 is 0. The van der Waals surface area contributed by atoms with E-state index < -0.39 is 0 Å². The number of hydrogen-bond acceptors (Lipinski definition) is 5. The fourth-order valence-corrected chi connectivity index (χ4v) is 6.08. The molecule has 0 bridgehead atoms. The first-order chi connectivity index (χ1) is 15.6. The molecule has 3 aliphatic rings. The maximum absolute atomic E-state index is 13.4. The molecule has 2 N–H and O–H groups in total. The van der Waals surface area contributed by atoms with E-state index in [4.69, 9.17) is 4.98 Å². The van der Waals surface area contributed by atoms with Crippen LogP contribution < -0.4 is 4.90 Å². The zero-order valence-electron chi connectivity index (χ0n) is 18.6. The van der Waals surface area contributed by atoms with E-state index in [1.165, 1.54) is 12.1 Å². The Kier molecular flexibility index (Phi) is 4.61. The van der Waals surface area contributed by atoms with Crippen LogP contribution in [0.3, 0.4) is 0 Å². The fourth-order valence-electron chi connectivity index (χ4n) is 6.08. The summed E-state index contributed by atoms with van der Waals surface area (Å²) in [5, 5.41) is 9.43. The van der Waals surface area contributed by atoms with Crippen LogP contribution in [-0.4, -0.2) is 45.5 Å². The average Bonchev–Trinajstić information content (AvgIpc) is 3.15. The molecule has 3 atom stereocenters. The Hall–Kier alpha value is -2.73. The fraction of sp³-hybridized carbons (Fsp3) is 0.500. The summed E-state index contributed by atoms with van der Waals surface area (Å²) < 4.78 is 0. The number of aromatic amines is 1. The van der Waals surface area contributed by atoms with Crippen molar-refractivity contribution >= 4 is 22.6 Å². The van der Waals surface area contributed by atoms with Gasteiger partial charge in [-0.25, -0.2) is 9.97 Å². The van der Waals surface area contributed by atoms with Gasteiger partial charge in [0.2, 0.25) is 0 Å². The highest BCUT2D eigenvalue weighted by Crippen LogP contribution is 2.52. The predicted octanol–water partition coefficient (Wildman–Crippen LogP) is 4.45. The van der Waals surface area contributed by atoms with Crippen LogP contribution in [-0.2, 0) is 0 Å². The molecule has 6 rings (SSSR count). The zero-order valence-corrected chi connectivity index (χ0v) is 18.6. The van der Waals surface area contributed by atoms with Gasteiger partial charge in [-0.05, 0) is 42.7 Å². The molecule has 1 aliphatic heterocycles. The molecular weight excluding hydrogens is 400 g/mol. The number of carbonyl (C=O) groups is 1. The van der Waals surface area contributed by atoms with Crippen LogP contribution in [0.15, 0.2) is 36.7 Å². The number of anilines is 1. The first kappa shape index (κ1) is 19.9. The molecule has 1 unspecified atom stereocenters. The molecule has 6 nitrogen and oxygen atoms in total. The number of nitrogens with one attached hydrogen (secondary N) is 1. The Bertz CT molecular complexity index is 1170. The molecule has 0 amide bonds. The molecule has 1 aromatic carbocycles. The number of carbonyl (C=O) groups excluding carboxylic acids is 1. The summed E-state index contributed by atoms with van der Waals surface area (Å²) in [4.78, 5) is 28.5. The SMILES string of the molecule is CC1(C(=O)c2c[nH]c3ncc(-c4cccc(N5C[C@@H]6C(CO)[C@@H]6C5)c4)nc23)CCCCC1. The van der Waals surface area contributed by atoms with Crippen LogP contribution in [0.25, 0.3) is 22.4 Å². The van der Waals surface area contributed by atoms with Crippen LogP contribution in [0, 0.1) is 23.2 Å². The number of Topliss-reactive ketones (excluding diaryl/α,β-unsaturated/α-hetero) is 1. The molecule has 3 fully saturated rings. The highest BCUT2D eigenvalue weighted by Gasteiger charge is 2.55. The second-order valence-corrected chi connectivity index (χ2v) is 10.2. The number of ketones is 1. The molecule has 0 spiro atoms. The summed E-state index contributed by atoms with van der Waals surface area (Å²) in [6, 6.07) is 8.44. The van der Waals surface area contributed by atoms with E-state index in [-0.39, 0.29) is 11.2 Å². The van der Waals surface area contributed by atoms with Crippen molar-refractivity contribution in [3.05, 3.63) is 42.2 Å². The van der Waals surface area contributed by atoms with E-state index in [1.807, 2.05) is 0 Å². The van der Waals surface area contributed by atoms with Crippen LogP contribution in [0.1, 0.15) is 49.4 Å². The molecule has 32 heavy (non-hydrogen) atoms. The van der Waals surface area contributed by atoms with E-state index in [9.17, 15) is 9.90 Å². The number of piperidine rings is 1. The van der Waals surface area contributed by atoms with Gasteiger partial charge in [0.15, 0.2) is 11.4 Å². The van der Waals surface area contributed by atoms with Gasteiger partial charge < -0.3 is 15.0 Å². The summed E-state index contributed by atoms with van der Waals surface area (Å²) in [6.07, 6.45) is 8.93. The monoisotopic (exact) mass is 430 g/mol. The van der Waals surface area contributed by atoms with Crippen molar-refractivity contribution in [3.8, 4) is 11.3 Å². The predicted molar refractivity (Wildman–Crippen MR) is 125 cm³/mol. The zero-order chi connectivity index (χ0) is 21.9. The van der Waals surface area contributed by atoms with Crippen molar-refractivity contribution in [3.63, 3.8) is 0 Å². The highest BCUT2D eigenvalue weighted by atomic mass is 16.3. The summed E-state index contributed by atoms with van der Waals surface area (Å²) in [5.41, 5.74) is 4.71. The average molecular weight is 431 g/mol. The van der Waals surface area contributed by atoms with Gasteiger partial charge in [0, 0.05) is 42.6 Å². The third-order valence-corrected chi connectivity index (χ3v) is 8.22. The number of aliphatic hydroxyl groups excluding tert-OH is 1. The van der Waals surface area contributed by atoms with Crippen molar-refractivity contribution in [1.29, 1.82) is 0 Å². The molecule has 1 saturated heterocycles. The lowest BCUT2D eigenvalue weighted by atomic mass is 9.71. The molecular formula is C26H30N4O2. The second kappa shape index (κ2) is 7.41. The van der Waals surface area contributed by atoms with Crippen molar-refractivity contribution in [1.82, 2.24) is 15.0 Å².